The molecule has 3 rings (SSSR count). The van der Waals surface area contributed by atoms with Gasteiger partial charge in [0.25, 0.3) is 5.91 Å². The Labute approximate surface area is 185 Å². The lowest BCUT2D eigenvalue weighted by molar-refractivity contribution is -0.118. The van der Waals surface area contributed by atoms with E-state index in [-0.39, 0.29) is 12.5 Å². The van der Waals surface area contributed by atoms with Crippen molar-refractivity contribution in [3.05, 3.63) is 52.5 Å². The maximum Gasteiger partial charge on any atom is 0.262 e. The lowest BCUT2D eigenvalue weighted by Crippen LogP contribution is -2.46. The average molecular weight is 430 g/mol. The van der Waals surface area contributed by atoms with Crippen LogP contribution in [-0.4, -0.2) is 50.1 Å². The monoisotopic (exact) mass is 429 g/mol. The van der Waals surface area contributed by atoms with Gasteiger partial charge in [0, 0.05) is 31.2 Å². The van der Waals surface area contributed by atoms with Gasteiger partial charge in [0.2, 0.25) is 0 Å². The molecule has 5 nitrogen and oxygen atoms in total. The zero-order chi connectivity index (χ0) is 21.7. The number of nitrogens with zero attached hydrogens (tertiary/aromatic N) is 2. The van der Waals surface area contributed by atoms with E-state index < -0.39 is 0 Å². The van der Waals surface area contributed by atoms with E-state index in [9.17, 15) is 4.79 Å². The Morgan fingerprint density at radius 2 is 1.87 bits per heavy atom. The maximum atomic E-state index is 12.7. The number of carbonyl (C=O) groups is 1. The maximum absolute atomic E-state index is 12.7. The summed E-state index contributed by atoms with van der Waals surface area (Å²) in [6.07, 6.45) is 0. The summed E-state index contributed by atoms with van der Waals surface area (Å²) in [6, 6.07) is 11.8. The molecular formula is C24H32ClN3O2. The predicted octanol–water partition coefficient (Wildman–Crippen LogP) is 4.93. The van der Waals surface area contributed by atoms with Crippen LogP contribution in [0.25, 0.3) is 0 Å². The van der Waals surface area contributed by atoms with Crippen molar-refractivity contribution in [2.45, 2.75) is 33.6 Å². The minimum atomic E-state index is -0.193. The number of piperazine rings is 1. The summed E-state index contributed by atoms with van der Waals surface area (Å²) in [5.74, 6) is 0.897. The Morgan fingerprint density at radius 3 is 2.53 bits per heavy atom. The SMILES string of the molecule is CCN1CCN(c2ccc(Cl)cc2NC(=O)COc2cc(C)ccc2C(C)C)CC1. The number of hydrogen-bond donors (Lipinski definition) is 1. The van der Waals surface area contributed by atoms with Crippen LogP contribution in [0.2, 0.25) is 5.02 Å². The first-order chi connectivity index (χ1) is 14.4. The third kappa shape index (κ3) is 5.67. The molecule has 1 saturated heterocycles. The zero-order valence-electron chi connectivity index (χ0n) is 18.4. The molecule has 0 aromatic heterocycles. The van der Waals surface area contributed by atoms with E-state index in [2.05, 4.69) is 48.0 Å². The molecule has 0 atom stereocenters. The van der Waals surface area contributed by atoms with E-state index in [1.807, 2.05) is 31.2 Å². The van der Waals surface area contributed by atoms with E-state index in [0.29, 0.717) is 10.9 Å². The molecule has 0 saturated carbocycles. The first-order valence-corrected chi connectivity index (χ1v) is 11.0. The summed E-state index contributed by atoms with van der Waals surface area (Å²) in [6.45, 7) is 13.3. The molecule has 2 aromatic carbocycles. The van der Waals surface area contributed by atoms with Gasteiger partial charge in [0.1, 0.15) is 5.75 Å². The number of benzene rings is 2. The van der Waals surface area contributed by atoms with Crippen LogP contribution in [0, 0.1) is 6.92 Å². The Bertz CT molecular complexity index is 877. The number of halogens is 1. The predicted molar refractivity (Wildman–Crippen MR) is 125 cm³/mol. The van der Waals surface area contributed by atoms with Gasteiger partial charge in [-0.3, -0.25) is 4.79 Å². The quantitative estimate of drug-likeness (QED) is 0.677. The summed E-state index contributed by atoms with van der Waals surface area (Å²) < 4.78 is 5.89. The molecule has 6 heteroatoms. The van der Waals surface area contributed by atoms with Crippen LogP contribution in [0.4, 0.5) is 11.4 Å². The molecule has 1 aliphatic rings. The van der Waals surface area contributed by atoms with Gasteiger partial charge >= 0.3 is 0 Å². The highest BCUT2D eigenvalue weighted by atomic mass is 35.5. The highest BCUT2D eigenvalue weighted by molar-refractivity contribution is 6.31. The summed E-state index contributed by atoms with van der Waals surface area (Å²) in [4.78, 5) is 17.4. The Balaban J connectivity index is 1.69. The van der Waals surface area contributed by atoms with Crippen molar-refractivity contribution < 1.29 is 9.53 Å². The molecule has 0 radical (unpaired) electrons. The van der Waals surface area contributed by atoms with Gasteiger partial charge in [0.05, 0.1) is 11.4 Å². The molecule has 0 aliphatic carbocycles. The molecule has 1 fully saturated rings. The molecule has 1 N–H and O–H groups in total. The molecule has 0 unspecified atom stereocenters. The standard InChI is InChI=1S/C24H32ClN3O2/c1-5-27-10-12-28(13-11-27)22-9-7-19(25)15-21(22)26-24(29)16-30-23-14-18(4)6-8-20(23)17(2)3/h6-9,14-15,17H,5,10-13,16H2,1-4H3,(H,26,29). The number of aryl methyl sites for hydroxylation is 1. The molecule has 30 heavy (non-hydrogen) atoms. The third-order valence-electron chi connectivity index (χ3n) is 5.54. The number of ether oxygens (including phenoxy) is 1. The first-order valence-electron chi connectivity index (χ1n) is 10.7. The molecule has 0 bridgehead atoms. The Kier molecular flexibility index (Phi) is 7.62. The van der Waals surface area contributed by atoms with Crippen molar-refractivity contribution in [3.8, 4) is 5.75 Å². The van der Waals surface area contributed by atoms with Crippen LogP contribution in [-0.2, 0) is 4.79 Å². The van der Waals surface area contributed by atoms with E-state index in [4.69, 9.17) is 16.3 Å². The van der Waals surface area contributed by atoms with Crippen LogP contribution < -0.4 is 15.0 Å². The second-order valence-electron chi connectivity index (χ2n) is 8.12. The van der Waals surface area contributed by atoms with E-state index in [0.717, 1.165) is 61.0 Å². The van der Waals surface area contributed by atoms with E-state index in [1.165, 1.54) is 0 Å². The van der Waals surface area contributed by atoms with Crippen molar-refractivity contribution in [1.29, 1.82) is 0 Å². The number of likely N-dealkylation sites (N-methyl/N-ethyl adjacent to an activating group) is 1. The van der Waals surface area contributed by atoms with Crippen molar-refractivity contribution in [1.82, 2.24) is 4.90 Å². The fourth-order valence-electron chi connectivity index (χ4n) is 3.76. The molecule has 2 aromatic rings. The number of anilines is 2. The zero-order valence-corrected chi connectivity index (χ0v) is 19.1. The number of hydrogen-bond acceptors (Lipinski definition) is 4. The molecule has 1 heterocycles. The fraction of sp³-hybridized carbons (Fsp3) is 0.458. The summed E-state index contributed by atoms with van der Waals surface area (Å²) in [5.41, 5.74) is 3.94. The smallest absolute Gasteiger partial charge is 0.262 e. The van der Waals surface area contributed by atoms with Crippen LogP contribution in [0.15, 0.2) is 36.4 Å². The molecule has 1 aliphatic heterocycles. The lowest BCUT2D eigenvalue weighted by Gasteiger charge is -2.36. The van der Waals surface area contributed by atoms with E-state index >= 15 is 0 Å². The molecular weight excluding hydrogens is 398 g/mol. The summed E-state index contributed by atoms with van der Waals surface area (Å²) in [5, 5.41) is 3.60. The Hall–Kier alpha value is -2.24. The van der Waals surface area contributed by atoms with Crippen molar-refractivity contribution in [2.75, 3.05) is 49.5 Å². The minimum Gasteiger partial charge on any atom is -0.483 e. The highest BCUT2D eigenvalue weighted by Crippen LogP contribution is 2.31. The third-order valence-corrected chi connectivity index (χ3v) is 5.78. The number of amides is 1. The van der Waals surface area contributed by atoms with Crippen LogP contribution >= 0.6 is 11.6 Å². The number of nitrogens with one attached hydrogen (secondary N) is 1. The molecule has 1 amide bonds. The van der Waals surface area contributed by atoms with Crippen LogP contribution in [0.3, 0.4) is 0 Å². The van der Waals surface area contributed by atoms with Crippen molar-refractivity contribution in [2.24, 2.45) is 0 Å². The van der Waals surface area contributed by atoms with Crippen LogP contribution in [0.1, 0.15) is 37.8 Å². The lowest BCUT2D eigenvalue weighted by atomic mass is 10.0. The topological polar surface area (TPSA) is 44.8 Å². The molecule has 0 spiro atoms. The van der Waals surface area contributed by atoms with E-state index in [1.54, 1.807) is 0 Å². The fourth-order valence-corrected chi connectivity index (χ4v) is 3.93. The van der Waals surface area contributed by atoms with Gasteiger partial charge < -0.3 is 19.9 Å². The Morgan fingerprint density at radius 1 is 1.13 bits per heavy atom. The van der Waals surface area contributed by atoms with Crippen LogP contribution in [0.5, 0.6) is 5.75 Å². The van der Waals surface area contributed by atoms with Gasteiger partial charge in [-0.15, -0.1) is 0 Å². The number of rotatable bonds is 7. The van der Waals surface area contributed by atoms with Crippen molar-refractivity contribution >= 4 is 28.9 Å². The van der Waals surface area contributed by atoms with Gasteiger partial charge in [0.15, 0.2) is 6.61 Å². The summed E-state index contributed by atoms with van der Waals surface area (Å²) >= 11 is 6.22. The largest absolute Gasteiger partial charge is 0.483 e. The molecule has 162 valence electrons. The van der Waals surface area contributed by atoms with Gasteiger partial charge in [-0.05, 0) is 54.8 Å². The van der Waals surface area contributed by atoms with Gasteiger partial charge in [-0.25, -0.2) is 0 Å². The second kappa shape index (κ2) is 10.2. The van der Waals surface area contributed by atoms with Gasteiger partial charge in [-0.1, -0.05) is 44.5 Å². The highest BCUT2D eigenvalue weighted by Gasteiger charge is 2.20. The average Bonchev–Trinajstić information content (AvgIpc) is 2.72. The number of carbonyl (C=O) groups excluding carboxylic acids is 1. The van der Waals surface area contributed by atoms with Gasteiger partial charge in [-0.2, -0.15) is 0 Å². The van der Waals surface area contributed by atoms with Crippen molar-refractivity contribution in [3.63, 3.8) is 0 Å². The summed E-state index contributed by atoms with van der Waals surface area (Å²) in [7, 11) is 0. The minimum absolute atomic E-state index is 0.0429. The first kappa shape index (κ1) is 22.4. The second-order valence-corrected chi connectivity index (χ2v) is 8.55. The normalized spacial score (nSPS) is 14.8.